The number of aliphatic carboxylic acids is 1. The van der Waals surface area contributed by atoms with E-state index in [9.17, 15) is 14.3 Å². The molecule has 0 aliphatic rings. The highest BCUT2D eigenvalue weighted by molar-refractivity contribution is 5.98. The topological polar surface area (TPSA) is 77.3 Å². The standard InChI is InChI=1S/C31H28FNO5/c1-22(24-9-11-26(12-10-24)25-5-3-2-4-6-25)33-37-20-19-36-28-15-7-23(8-16-28)21-30(31(34)35)38-29-17-13-27(32)14-18-29/h2-18,30H,19-21H2,1H3,(H,34,35). The quantitative estimate of drug-likeness (QED) is 0.135. The number of nitrogens with zero attached hydrogens (tertiary/aromatic N) is 1. The fourth-order valence-corrected chi connectivity index (χ4v) is 3.72. The molecule has 0 fully saturated rings. The number of ether oxygens (including phenoxy) is 2. The minimum Gasteiger partial charge on any atom is -0.490 e. The van der Waals surface area contributed by atoms with E-state index < -0.39 is 17.9 Å². The lowest BCUT2D eigenvalue weighted by molar-refractivity contribution is -0.145. The number of carbonyl (C=O) groups is 1. The van der Waals surface area contributed by atoms with Crippen LogP contribution in [0.3, 0.4) is 0 Å². The van der Waals surface area contributed by atoms with Crippen LogP contribution in [0.1, 0.15) is 18.1 Å². The van der Waals surface area contributed by atoms with E-state index in [1.165, 1.54) is 24.3 Å². The predicted octanol–water partition coefficient (Wildman–Crippen LogP) is 6.39. The van der Waals surface area contributed by atoms with E-state index in [2.05, 4.69) is 29.4 Å². The van der Waals surface area contributed by atoms with Gasteiger partial charge in [-0.15, -0.1) is 0 Å². The summed E-state index contributed by atoms with van der Waals surface area (Å²) in [6, 6.07) is 30.6. The Hall–Kier alpha value is -4.65. The third-order valence-corrected chi connectivity index (χ3v) is 5.77. The maximum absolute atomic E-state index is 13.1. The summed E-state index contributed by atoms with van der Waals surface area (Å²) >= 11 is 0. The third-order valence-electron chi connectivity index (χ3n) is 5.77. The zero-order chi connectivity index (χ0) is 26.7. The molecule has 1 unspecified atom stereocenters. The molecule has 4 aromatic rings. The van der Waals surface area contributed by atoms with Crippen LogP contribution in [0, 0.1) is 5.82 Å². The molecule has 0 heterocycles. The molecule has 1 atom stereocenters. The molecule has 0 radical (unpaired) electrons. The van der Waals surface area contributed by atoms with Crippen molar-refractivity contribution in [3.63, 3.8) is 0 Å². The summed E-state index contributed by atoms with van der Waals surface area (Å²) in [4.78, 5) is 17.0. The highest BCUT2D eigenvalue weighted by Crippen LogP contribution is 2.20. The lowest BCUT2D eigenvalue weighted by Gasteiger charge is -2.15. The van der Waals surface area contributed by atoms with Gasteiger partial charge in [0.2, 0.25) is 0 Å². The van der Waals surface area contributed by atoms with E-state index >= 15 is 0 Å². The van der Waals surface area contributed by atoms with Crippen molar-refractivity contribution in [2.75, 3.05) is 13.2 Å². The van der Waals surface area contributed by atoms with Crippen LogP contribution in [0.2, 0.25) is 0 Å². The fraction of sp³-hybridized carbons (Fsp3) is 0.161. The van der Waals surface area contributed by atoms with Gasteiger partial charge in [-0.2, -0.15) is 0 Å². The second-order valence-electron chi connectivity index (χ2n) is 8.55. The average Bonchev–Trinajstić information content (AvgIpc) is 2.95. The van der Waals surface area contributed by atoms with Gasteiger partial charge in [-0.25, -0.2) is 9.18 Å². The fourth-order valence-electron chi connectivity index (χ4n) is 3.72. The van der Waals surface area contributed by atoms with E-state index in [-0.39, 0.29) is 13.0 Å². The Morgan fingerprint density at radius 2 is 1.45 bits per heavy atom. The van der Waals surface area contributed by atoms with Crippen molar-refractivity contribution >= 4 is 11.7 Å². The first-order valence-electron chi connectivity index (χ1n) is 12.2. The number of oxime groups is 1. The minimum atomic E-state index is -1.10. The lowest BCUT2D eigenvalue weighted by atomic mass is 10.0. The predicted molar refractivity (Wildman–Crippen MR) is 144 cm³/mol. The first-order valence-corrected chi connectivity index (χ1v) is 12.2. The molecule has 6 nitrogen and oxygen atoms in total. The number of carboxylic acids is 1. The molecule has 0 saturated carbocycles. The molecular weight excluding hydrogens is 485 g/mol. The Morgan fingerprint density at radius 1 is 0.816 bits per heavy atom. The lowest BCUT2D eigenvalue weighted by Crippen LogP contribution is -2.29. The maximum Gasteiger partial charge on any atom is 0.345 e. The summed E-state index contributed by atoms with van der Waals surface area (Å²) in [5.74, 6) is -0.600. The van der Waals surface area contributed by atoms with E-state index in [4.69, 9.17) is 14.3 Å². The first-order chi connectivity index (χ1) is 18.5. The van der Waals surface area contributed by atoms with Gasteiger partial charge in [0, 0.05) is 6.42 Å². The van der Waals surface area contributed by atoms with Gasteiger partial charge in [0.05, 0.1) is 5.71 Å². The Labute approximate surface area is 220 Å². The van der Waals surface area contributed by atoms with E-state index in [1.54, 1.807) is 24.3 Å². The molecule has 1 N–H and O–H groups in total. The molecule has 4 rings (SSSR count). The smallest absolute Gasteiger partial charge is 0.345 e. The van der Waals surface area contributed by atoms with Crippen LogP contribution in [0.4, 0.5) is 4.39 Å². The van der Waals surface area contributed by atoms with Gasteiger partial charge >= 0.3 is 5.97 Å². The number of hydrogen-bond donors (Lipinski definition) is 1. The summed E-state index contributed by atoms with van der Waals surface area (Å²) < 4.78 is 24.3. The maximum atomic E-state index is 13.1. The van der Waals surface area contributed by atoms with Crippen LogP contribution in [-0.4, -0.2) is 36.1 Å². The Morgan fingerprint density at radius 3 is 2.11 bits per heavy atom. The highest BCUT2D eigenvalue weighted by Gasteiger charge is 2.20. The van der Waals surface area contributed by atoms with Crippen molar-refractivity contribution in [3.8, 4) is 22.6 Å². The average molecular weight is 514 g/mol. The molecule has 7 heteroatoms. The van der Waals surface area contributed by atoms with Gasteiger partial charge in [0.25, 0.3) is 0 Å². The van der Waals surface area contributed by atoms with Crippen LogP contribution in [0.15, 0.2) is 108 Å². The molecule has 0 aliphatic heterocycles. The molecule has 0 saturated heterocycles. The number of hydrogen-bond acceptors (Lipinski definition) is 5. The molecule has 194 valence electrons. The number of carboxylic acid groups (broad SMARTS) is 1. The molecule has 0 bridgehead atoms. The molecule has 0 aliphatic carbocycles. The zero-order valence-electron chi connectivity index (χ0n) is 20.9. The SMILES string of the molecule is CC(=NOCCOc1ccc(CC(Oc2ccc(F)cc2)C(=O)O)cc1)c1ccc(-c2ccccc2)cc1. The van der Waals surface area contributed by atoms with Crippen LogP contribution in [0.25, 0.3) is 11.1 Å². The summed E-state index contributed by atoms with van der Waals surface area (Å²) in [6.07, 6.45) is -0.951. The second-order valence-corrected chi connectivity index (χ2v) is 8.55. The van der Waals surface area contributed by atoms with Crippen molar-refractivity contribution in [3.05, 3.63) is 120 Å². The van der Waals surface area contributed by atoms with Crippen LogP contribution < -0.4 is 9.47 Å². The molecule has 0 aromatic heterocycles. The second kappa shape index (κ2) is 13.1. The van der Waals surface area contributed by atoms with Crippen molar-refractivity contribution in [2.24, 2.45) is 5.16 Å². The molecule has 38 heavy (non-hydrogen) atoms. The monoisotopic (exact) mass is 513 g/mol. The van der Waals surface area contributed by atoms with Gasteiger partial charge in [0.15, 0.2) is 12.7 Å². The van der Waals surface area contributed by atoms with Gasteiger partial charge < -0.3 is 19.4 Å². The van der Waals surface area contributed by atoms with Crippen molar-refractivity contribution in [1.82, 2.24) is 0 Å². The van der Waals surface area contributed by atoms with Crippen LogP contribution >= 0.6 is 0 Å². The highest BCUT2D eigenvalue weighted by atomic mass is 19.1. The Balaban J connectivity index is 1.21. The van der Waals surface area contributed by atoms with Crippen LogP contribution in [-0.2, 0) is 16.1 Å². The zero-order valence-corrected chi connectivity index (χ0v) is 20.9. The Bertz CT molecular complexity index is 1340. The summed E-state index contributed by atoms with van der Waals surface area (Å²) in [5, 5.41) is 13.7. The van der Waals surface area contributed by atoms with Crippen molar-refractivity contribution < 1.29 is 28.6 Å². The van der Waals surface area contributed by atoms with Crippen LogP contribution in [0.5, 0.6) is 11.5 Å². The van der Waals surface area contributed by atoms with Crippen molar-refractivity contribution in [2.45, 2.75) is 19.4 Å². The normalized spacial score (nSPS) is 12.0. The van der Waals surface area contributed by atoms with Gasteiger partial charge in [-0.1, -0.05) is 71.9 Å². The third kappa shape index (κ3) is 7.67. The molecule has 4 aromatic carbocycles. The van der Waals surface area contributed by atoms with Gasteiger partial charge in [-0.05, 0) is 65.6 Å². The summed E-state index contributed by atoms with van der Waals surface area (Å²) in [5.41, 5.74) is 4.81. The largest absolute Gasteiger partial charge is 0.490 e. The summed E-state index contributed by atoms with van der Waals surface area (Å²) in [6.45, 7) is 2.46. The van der Waals surface area contributed by atoms with E-state index in [1.807, 2.05) is 37.3 Å². The van der Waals surface area contributed by atoms with Crippen molar-refractivity contribution in [1.29, 1.82) is 0 Å². The Kier molecular flexibility index (Phi) is 9.07. The molecule has 0 spiro atoms. The van der Waals surface area contributed by atoms with Gasteiger partial charge in [-0.3, -0.25) is 0 Å². The van der Waals surface area contributed by atoms with E-state index in [0.29, 0.717) is 18.1 Å². The molecule has 0 amide bonds. The minimum absolute atomic E-state index is 0.149. The number of rotatable bonds is 12. The summed E-state index contributed by atoms with van der Waals surface area (Å²) in [7, 11) is 0. The van der Waals surface area contributed by atoms with E-state index in [0.717, 1.165) is 28.0 Å². The number of benzene rings is 4. The number of halogens is 1. The van der Waals surface area contributed by atoms with Gasteiger partial charge in [0.1, 0.15) is 23.9 Å². The molecular formula is C31H28FNO5. The first kappa shape index (κ1) is 26.4.